The zero-order valence-electron chi connectivity index (χ0n) is 8.49. The number of amides is 1. The predicted molar refractivity (Wildman–Crippen MR) is 54.8 cm³/mol. The van der Waals surface area contributed by atoms with E-state index in [2.05, 4.69) is 10.2 Å². The Bertz CT molecular complexity index is 408. The summed E-state index contributed by atoms with van der Waals surface area (Å²) in [5.74, 6) is 1.12. The Morgan fingerprint density at radius 2 is 2.33 bits per heavy atom. The van der Waals surface area contributed by atoms with Crippen LogP contribution in [0.1, 0.15) is 24.1 Å². The van der Waals surface area contributed by atoms with Gasteiger partial charge in [0.1, 0.15) is 5.82 Å². The zero-order valence-corrected chi connectivity index (χ0v) is 8.49. The minimum absolute atomic E-state index is 0.291. The van der Waals surface area contributed by atoms with E-state index in [0.29, 0.717) is 24.2 Å². The van der Waals surface area contributed by atoms with Crippen LogP contribution in [0, 0.1) is 5.92 Å². The molecule has 0 saturated heterocycles. The number of nitrogens with two attached hydrogens (primary N) is 1. The molecule has 5 nitrogen and oxygen atoms in total. The topological polar surface area (TPSA) is 75.0 Å². The highest BCUT2D eigenvalue weighted by Gasteiger charge is 2.35. The standard InChI is InChI=1S/C10H14N4O/c11-9-7-5-14(10(15)6-1-2-6)4-3-8(7)12-13-9/h6H,1-5H2,(H3,11,12,13). The highest BCUT2D eigenvalue weighted by molar-refractivity contribution is 5.81. The molecule has 0 radical (unpaired) electrons. The number of rotatable bonds is 1. The molecule has 1 aliphatic heterocycles. The SMILES string of the molecule is Nc1n[nH]c2c1CN(C(=O)C1CC1)CC2. The first kappa shape index (κ1) is 8.76. The Hall–Kier alpha value is -1.52. The van der Waals surface area contributed by atoms with Crippen LogP contribution in [0.2, 0.25) is 0 Å². The molecule has 1 fully saturated rings. The Labute approximate surface area is 87.6 Å². The van der Waals surface area contributed by atoms with E-state index in [9.17, 15) is 4.79 Å². The van der Waals surface area contributed by atoms with Crippen LogP contribution in [0.3, 0.4) is 0 Å². The summed E-state index contributed by atoms with van der Waals surface area (Å²) in [4.78, 5) is 13.8. The van der Waals surface area contributed by atoms with Crippen molar-refractivity contribution in [1.29, 1.82) is 0 Å². The van der Waals surface area contributed by atoms with E-state index in [1.807, 2.05) is 4.90 Å². The third-order valence-corrected chi connectivity index (χ3v) is 3.20. The normalized spacial score (nSPS) is 20.1. The summed E-state index contributed by atoms with van der Waals surface area (Å²) in [5.41, 5.74) is 7.83. The van der Waals surface area contributed by atoms with Crippen LogP contribution in [0.5, 0.6) is 0 Å². The first-order valence-corrected chi connectivity index (χ1v) is 5.36. The number of carbonyl (C=O) groups excluding carboxylic acids is 1. The van der Waals surface area contributed by atoms with Gasteiger partial charge in [-0.1, -0.05) is 0 Å². The fourth-order valence-electron chi connectivity index (χ4n) is 2.09. The lowest BCUT2D eigenvalue weighted by Gasteiger charge is -2.26. The average molecular weight is 206 g/mol. The van der Waals surface area contributed by atoms with E-state index in [4.69, 9.17) is 5.73 Å². The van der Waals surface area contributed by atoms with Crippen LogP contribution in [0.4, 0.5) is 5.82 Å². The maximum absolute atomic E-state index is 11.9. The van der Waals surface area contributed by atoms with E-state index < -0.39 is 0 Å². The molecule has 3 rings (SSSR count). The molecule has 1 aliphatic carbocycles. The van der Waals surface area contributed by atoms with Crippen molar-refractivity contribution in [3.63, 3.8) is 0 Å². The summed E-state index contributed by atoms with van der Waals surface area (Å²) < 4.78 is 0. The molecular weight excluding hydrogens is 192 g/mol. The lowest BCUT2D eigenvalue weighted by Crippen LogP contribution is -2.36. The van der Waals surface area contributed by atoms with Gasteiger partial charge in [0.15, 0.2) is 0 Å². The number of hydrogen-bond acceptors (Lipinski definition) is 3. The maximum Gasteiger partial charge on any atom is 0.225 e. The smallest absolute Gasteiger partial charge is 0.225 e. The van der Waals surface area contributed by atoms with Crippen molar-refractivity contribution in [1.82, 2.24) is 15.1 Å². The number of anilines is 1. The summed E-state index contributed by atoms with van der Waals surface area (Å²) in [6.45, 7) is 1.43. The molecular formula is C10H14N4O. The molecule has 2 heterocycles. The van der Waals surface area contributed by atoms with Crippen molar-refractivity contribution in [3.8, 4) is 0 Å². The van der Waals surface area contributed by atoms with E-state index in [1.165, 1.54) is 0 Å². The second-order valence-corrected chi connectivity index (χ2v) is 4.35. The Morgan fingerprint density at radius 1 is 1.53 bits per heavy atom. The second kappa shape index (κ2) is 2.98. The number of fused-ring (bicyclic) bond motifs is 1. The number of aromatic nitrogens is 2. The fraction of sp³-hybridized carbons (Fsp3) is 0.600. The molecule has 1 saturated carbocycles. The van der Waals surface area contributed by atoms with Gasteiger partial charge >= 0.3 is 0 Å². The first-order valence-electron chi connectivity index (χ1n) is 5.36. The molecule has 3 N–H and O–H groups in total. The summed E-state index contributed by atoms with van der Waals surface area (Å²) in [7, 11) is 0. The predicted octanol–water partition coefficient (Wildman–Crippen LogP) is 0.287. The molecule has 1 aromatic rings. The molecule has 2 aliphatic rings. The highest BCUT2D eigenvalue weighted by atomic mass is 16.2. The lowest BCUT2D eigenvalue weighted by molar-refractivity contribution is -0.133. The van der Waals surface area contributed by atoms with Gasteiger partial charge in [0.25, 0.3) is 0 Å². The van der Waals surface area contributed by atoms with E-state index in [-0.39, 0.29) is 0 Å². The maximum atomic E-state index is 11.9. The van der Waals surface area contributed by atoms with Gasteiger partial charge in [-0.05, 0) is 12.8 Å². The highest BCUT2D eigenvalue weighted by Crippen LogP contribution is 2.33. The number of hydrogen-bond donors (Lipinski definition) is 2. The van der Waals surface area contributed by atoms with E-state index in [1.54, 1.807) is 0 Å². The van der Waals surface area contributed by atoms with Crippen LogP contribution in [0.15, 0.2) is 0 Å². The number of H-pyrrole nitrogens is 1. The minimum atomic E-state index is 0.291. The van der Waals surface area contributed by atoms with Crippen LogP contribution < -0.4 is 5.73 Å². The number of aromatic amines is 1. The summed E-state index contributed by atoms with van der Waals surface area (Å²) in [5, 5.41) is 6.88. The molecule has 80 valence electrons. The van der Waals surface area contributed by atoms with Crippen LogP contribution in [-0.4, -0.2) is 27.5 Å². The van der Waals surface area contributed by atoms with Crippen LogP contribution in [0.25, 0.3) is 0 Å². The third-order valence-electron chi connectivity index (χ3n) is 3.20. The van der Waals surface area contributed by atoms with Crippen molar-refractivity contribution in [3.05, 3.63) is 11.3 Å². The van der Waals surface area contributed by atoms with Gasteiger partial charge in [-0.2, -0.15) is 5.10 Å². The molecule has 0 atom stereocenters. The molecule has 0 spiro atoms. The van der Waals surface area contributed by atoms with Crippen molar-refractivity contribution >= 4 is 11.7 Å². The molecule has 1 aromatic heterocycles. The monoisotopic (exact) mass is 206 g/mol. The lowest BCUT2D eigenvalue weighted by atomic mass is 10.1. The summed E-state index contributed by atoms with van der Waals surface area (Å²) >= 11 is 0. The number of nitrogen functional groups attached to an aromatic ring is 1. The van der Waals surface area contributed by atoms with Crippen molar-refractivity contribution < 1.29 is 4.79 Å². The van der Waals surface area contributed by atoms with Gasteiger partial charge in [-0.3, -0.25) is 9.89 Å². The van der Waals surface area contributed by atoms with E-state index >= 15 is 0 Å². The molecule has 5 heteroatoms. The van der Waals surface area contributed by atoms with Gasteiger partial charge in [-0.15, -0.1) is 0 Å². The van der Waals surface area contributed by atoms with Crippen LogP contribution in [-0.2, 0) is 17.8 Å². The Balaban J connectivity index is 1.81. The Kier molecular flexibility index (Phi) is 1.74. The summed E-state index contributed by atoms with van der Waals surface area (Å²) in [6, 6.07) is 0. The summed E-state index contributed by atoms with van der Waals surface area (Å²) in [6.07, 6.45) is 2.96. The van der Waals surface area contributed by atoms with Crippen LogP contribution >= 0.6 is 0 Å². The average Bonchev–Trinajstić information content (AvgIpc) is 3.04. The quantitative estimate of drug-likeness (QED) is 0.693. The molecule has 1 amide bonds. The molecule has 15 heavy (non-hydrogen) atoms. The first-order chi connectivity index (χ1) is 7.25. The number of carbonyl (C=O) groups is 1. The minimum Gasteiger partial charge on any atom is -0.382 e. The van der Waals surface area contributed by atoms with Crippen molar-refractivity contribution in [2.45, 2.75) is 25.8 Å². The number of nitrogens with zero attached hydrogens (tertiary/aromatic N) is 2. The zero-order chi connectivity index (χ0) is 10.4. The third kappa shape index (κ3) is 1.38. The Morgan fingerprint density at radius 3 is 3.07 bits per heavy atom. The van der Waals surface area contributed by atoms with Gasteiger partial charge < -0.3 is 10.6 Å². The number of nitrogens with one attached hydrogen (secondary N) is 1. The largest absolute Gasteiger partial charge is 0.382 e. The molecule has 0 unspecified atom stereocenters. The second-order valence-electron chi connectivity index (χ2n) is 4.35. The van der Waals surface area contributed by atoms with Gasteiger partial charge in [0, 0.05) is 30.1 Å². The van der Waals surface area contributed by atoms with Gasteiger partial charge in [0.2, 0.25) is 5.91 Å². The van der Waals surface area contributed by atoms with Gasteiger partial charge in [0.05, 0.1) is 6.54 Å². The van der Waals surface area contributed by atoms with Crippen molar-refractivity contribution in [2.24, 2.45) is 5.92 Å². The molecule has 0 bridgehead atoms. The fourth-order valence-corrected chi connectivity index (χ4v) is 2.09. The van der Waals surface area contributed by atoms with Gasteiger partial charge in [-0.25, -0.2) is 0 Å². The molecule has 0 aromatic carbocycles. The van der Waals surface area contributed by atoms with Crippen molar-refractivity contribution in [2.75, 3.05) is 12.3 Å². The van der Waals surface area contributed by atoms with E-state index in [0.717, 1.165) is 37.1 Å².